The fourth-order valence-electron chi connectivity index (χ4n) is 1.66. The average Bonchev–Trinajstić information content (AvgIpc) is 2.81. The van der Waals surface area contributed by atoms with Crippen LogP contribution in [0.1, 0.15) is 27.3 Å². The maximum Gasteiger partial charge on any atom is 0.338 e. The Hall–Kier alpha value is -1.95. The predicted octanol–water partition coefficient (Wildman–Crippen LogP) is 0.298. The first-order chi connectivity index (χ1) is 8.18. The van der Waals surface area contributed by atoms with E-state index in [0.717, 1.165) is 6.42 Å². The molecule has 0 spiro atoms. The van der Waals surface area contributed by atoms with Gasteiger partial charge in [0.05, 0.1) is 18.2 Å². The molecule has 1 aromatic rings. The molecule has 1 atom stereocenters. The van der Waals surface area contributed by atoms with Crippen LogP contribution in [-0.2, 0) is 4.74 Å². The Labute approximate surface area is 97.6 Å². The topological polar surface area (TPSA) is 88.5 Å². The molecule has 1 amide bonds. The van der Waals surface area contributed by atoms with E-state index in [9.17, 15) is 9.59 Å². The Morgan fingerprint density at radius 1 is 1.53 bits per heavy atom. The average molecular weight is 236 g/mol. The van der Waals surface area contributed by atoms with E-state index in [2.05, 4.69) is 10.3 Å². The van der Waals surface area contributed by atoms with Crippen molar-refractivity contribution in [2.24, 2.45) is 0 Å². The Balaban J connectivity index is 2.15. The third-order valence-electron chi connectivity index (χ3n) is 2.52. The fraction of sp³-hybridized carbons (Fsp3) is 0.364. The number of carboxylic acid groups (broad SMARTS) is 1. The molecule has 1 aliphatic rings. The van der Waals surface area contributed by atoms with Crippen LogP contribution in [0, 0.1) is 0 Å². The monoisotopic (exact) mass is 236 g/mol. The zero-order chi connectivity index (χ0) is 12.3. The number of hydrogen-bond acceptors (Lipinski definition) is 4. The van der Waals surface area contributed by atoms with Gasteiger partial charge < -0.3 is 15.2 Å². The molecule has 1 fully saturated rings. The number of hydrogen-bond donors (Lipinski definition) is 2. The van der Waals surface area contributed by atoms with Crippen molar-refractivity contribution in [3.05, 3.63) is 29.6 Å². The van der Waals surface area contributed by atoms with Gasteiger partial charge in [-0.1, -0.05) is 0 Å². The first-order valence-electron chi connectivity index (χ1n) is 5.25. The van der Waals surface area contributed by atoms with E-state index in [1.165, 1.54) is 18.3 Å². The maximum absolute atomic E-state index is 11.8. The molecule has 1 aliphatic heterocycles. The minimum Gasteiger partial charge on any atom is -0.478 e. The Bertz CT molecular complexity index is 441. The van der Waals surface area contributed by atoms with Gasteiger partial charge in [0.15, 0.2) is 0 Å². The second kappa shape index (κ2) is 4.92. The summed E-state index contributed by atoms with van der Waals surface area (Å²) in [5, 5.41) is 11.6. The number of rotatable bonds is 3. The van der Waals surface area contributed by atoms with Gasteiger partial charge in [0.1, 0.15) is 5.69 Å². The Morgan fingerprint density at radius 3 is 3.00 bits per heavy atom. The lowest BCUT2D eigenvalue weighted by Gasteiger charge is -2.11. The van der Waals surface area contributed by atoms with Gasteiger partial charge >= 0.3 is 5.97 Å². The number of ether oxygens (including phenoxy) is 1. The van der Waals surface area contributed by atoms with E-state index in [1.807, 2.05) is 0 Å². The van der Waals surface area contributed by atoms with Gasteiger partial charge in [0.25, 0.3) is 5.91 Å². The van der Waals surface area contributed by atoms with Crippen LogP contribution in [0.2, 0.25) is 0 Å². The third kappa shape index (κ3) is 2.59. The van der Waals surface area contributed by atoms with Crippen molar-refractivity contribution in [2.45, 2.75) is 12.5 Å². The van der Waals surface area contributed by atoms with E-state index in [1.54, 1.807) is 0 Å². The Kier molecular flexibility index (Phi) is 3.34. The summed E-state index contributed by atoms with van der Waals surface area (Å²) in [6, 6.07) is 2.78. The number of nitrogens with zero attached hydrogens (tertiary/aromatic N) is 1. The standard InChI is InChI=1S/C11H12N2O4/c14-10(13-7-3-5-17-6-7)9-8(11(15)16)2-1-4-12-9/h1-2,4,7H,3,5-6H2,(H,13,14)(H,15,16). The molecular weight excluding hydrogens is 224 g/mol. The molecule has 1 saturated heterocycles. The molecule has 6 nitrogen and oxygen atoms in total. The van der Waals surface area contributed by atoms with Gasteiger partial charge in [0, 0.05) is 12.8 Å². The van der Waals surface area contributed by atoms with Crippen LogP contribution in [0.15, 0.2) is 18.3 Å². The van der Waals surface area contributed by atoms with Gasteiger partial charge in [-0.05, 0) is 18.6 Å². The normalized spacial score (nSPS) is 18.9. The van der Waals surface area contributed by atoms with Crippen LogP contribution in [0.5, 0.6) is 0 Å². The molecule has 0 aromatic carbocycles. The zero-order valence-electron chi connectivity index (χ0n) is 9.05. The number of carboxylic acids is 1. The van der Waals surface area contributed by atoms with E-state index in [4.69, 9.17) is 9.84 Å². The van der Waals surface area contributed by atoms with Crippen LogP contribution >= 0.6 is 0 Å². The molecule has 0 saturated carbocycles. The summed E-state index contributed by atoms with van der Waals surface area (Å²) >= 11 is 0. The Morgan fingerprint density at radius 2 is 2.35 bits per heavy atom. The van der Waals surface area contributed by atoms with Crippen molar-refractivity contribution in [3.63, 3.8) is 0 Å². The lowest BCUT2D eigenvalue weighted by atomic mass is 10.1. The summed E-state index contributed by atoms with van der Waals surface area (Å²) < 4.78 is 5.12. The fourth-order valence-corrected chi connectivity index (χ4v) is 1.66. The van der Waals surface area contributed by atoms with Crippen molar-refractivity contribution in [1.82, 2.24) is 10.3 Å². The number of carbonyl (C=O) groups is 2. The number of carbonyl (C=O) groups excluding carboxylic acids is 1. The minimum atomic E-state index is -1.16. The van der Waals surface area contributed by atoms with Crippen LogP contribution in [-0.4, -0.2) is 41.2 Å². The first-order valence-corrected chi connectivity index (χ1v) is 5.25. The number of aromatic carboxylic acids is 1. The lowest BCUT2D eigenvalue weighted by molar-refractivity contribution is 0.0689. The molecule has 1 unspecified atom stereocenters. The largest absolute Gasteiger partial charge is 0.478 e. The van der Waals surface area contributed by atoms with E-state index < -0.39 is 11.9 Å². The van der Waals surface area contributed by atoms with Crippen molar-refractivity contribution in [2.75, 3.05) is 13.2 Å². The highest BCUT2D eigenvalue weighted by atomic mass is 16.5. The molecular formula is C11H12N2O4. The summed E-state index contributed by atoms with van der Waals surface area (Å²) in [6.07, 6.45) is 2.13. The number of pyridine rings is 1. The first kappa shape index (κ1) is 11.5. The molecule has 6 heteroatoms. The molecule has 0 radical (unpaired) electrons. The zero-order valence-corrected chi connectivity index (χ0v) is 9.05. The number of nitrogens with one attached hydrogen (secondary N) is 1. The van der Waals surface area contributed by atoms with Crippen molar-refractivity contribution >= 4 is 11.9 Å². The molecule has 0 aliphatic carbocycles. The predicted molar refractivity (Wildman–Crippen MR) is 57.9 cm³/mol. The van der Waals surface area contributed by atoms with Crippen LogP contribution in [0.3, 0.4) is 0 Å². The molecule has 0 bridgehead atoms. The molecule has 17 heavy (non-hydrogen) atoms. The van der Waals surface area contributed by atoms with Gasteiger partial charge in [0.2, 0.25) is 0 Å². The van der Waals surface area contributed by atoms with Gasteiger partial charge in [-0.2, -0.15) is 0 Å². The summed E-state index contributed by atoms with van der Waals surface area (Å²) in [4.78, 5) is 26.6. The SMILES string of the molecule is O=C(O)c1cccnc1C(=O)NC1CCOC1. The number of aromatic nitrogens is 1. The molecule has 1 aromatic heterocycles. The second-order valence-corrected chi connectivity index (χ2v) is 3.74. The van der Waals surface area contributed by atoms with Crippen LogP contribution in [0.4, 0.5) is 0 Å². The van der Waals surface area contributed by atoms with Crippen molar-refractivity contribution in [1.29, 1.82) is 0 Å². The second-order valence-electron chi connectivity index (χ2n) is 3.74. The molecule has 2 heterocycles. The third-order valence-corrected chi connectivity index (χ3v) is 2.52. The molecule has 2 rings (SSSR count). The summed E-state index contributed by atoms with van der Waals surface area (Å²) in [6.45, 7) is 1.07. The quantitative estimate of drug-likeness (QED) is 0.787. The van der Waals surface area contributed by atoms with Crippen LogP contribution in [0.25, 0.3) is 0 Å². The summed E-state index contributed by atoms with van der Waals surface area (Å²) in [7, 11) is 0. The number of amides is 1. The van der Waals surface area contributed by atoms with Crippen molar-refractivity contribution in [3.8, 4) is 0 Å². The van der Waals surface area contributed by atoms with E-state index in [0.29, 0.717) is 13.2 Å². The van der Waals surface area contributed by atoms with Gasteiger partial charge in [-0.15, -0.1) is 0 Å². The highest BCUT2D eigenvalue weighted by Gasteiger charge is 2.22. The van der Waals surface area contributed by atoms with Crippen LogP contribution < -0.4 is 5.32 Å². The minimum absolute atomic E-state index is 0.0631. The van der Waals surface area contributed by atoms with Gasteiger partial charge in [-0.25, -0.2) is 4.79 Å². The summed E-state index contributed by atoms with van der Waals surface area (Å²) in [5.74, 6) is -1.63. The molecule has 90 valence electrons. The maximum atomic E-state index is 11.8. The lowest BCUT2D eigenvalue weighted by Crippen LogP contribution is -2.36. The van der Waals surface area contributed by atoms with Gasteiger partial charge in [-0.3, -0.25) is 9.78 Å². The van der Waals surface area contributed by atoms with Crippen molar-refractivity contribution < 1.29 is 19.4 Å². The highest BCUT2D eigenvalue weighted by Crippen LogP contribution is 2.08. The smallest absolute Gasteiger partial charge is 0.338 e. The van der Waals surface area contributed by atoms with E-state index >= 15 is 0 Å². The highest BCUT2D eigenvalue weighted by molar-refractivity contribution is 6.03. The molecule has 2 N–H and O–H groups in total. The summed E-state index contributed by atoms with van der Waals surface area (Å²) in [5.41, 5.74) is -0.157. The van der Waals surface area contributed by atoms with E-state index in [-0.39, 0.29) is 17.3 Å².